The molecule has 0 spiro atoms. The minimum absolute atomic E-state index is 0.0969. The molecule has 1 rings (SSSR count). The highest BCUT2D eigenvalue weighted by molar-refractivity contribution is 14.1. The summed E-state index contributed by atoms with van der Waals surface area (Å²) in [5, 5.41) is 2.70. The zero-order valence-electron chi connectivity index (χ0n) is 7.43. The summed E-state index contributed by atoms with van der Waals surface area (Å²) in [5.74, 6) is 0.580. The lowest BCUT2D eigenvalue weighted by atomic mass is 10.3. The monoisotopic (exact) mass is 291 g/mol. The maximum atomic E-state index is 10.8. The van der Waals surface area contributed by atoms with Crippen LogP contribution < -0.4 is 10.1 Å². The van der Waals surface area contributed by atoms with Gasteiger partial charge in [-0.3, -0.25) is 4.79 Å². The van der Waals surface area contributed by atoms with Gasteiger partial charge in [0.1, 0.15) is 5.75 Å². The molecular weight excluding hydrogens is 281 g/mol. The summed E-state index contributed by atoms with van der Waals surface area (Å²) < 4.78 is 6.14. The van der Waals surface area contributed by atoms with Gasteiger partial charge in [-0.05, 0) is 40.8 Å². The number of carbonyl (C=O) groups excluding carboxylic acids is 1. The van der Waals surface area contributed by atoms with Gasteiger partial charge in [-0.25, -0.2) is 0 Å². The number of halogens is 1. The predicted octanol–water partition coefficient (Wildman–Crippen LogP) is 2.26. The molecule has 1 amide bonds. The molecule has 0 aliphatic heterocycles. The smallest absolute Gasteiger partial charge is 0.221 e. The Kier molecular flexibility index (Phi) is 3.53. The first-order valence-corrected chi connectivity index (χ1v) is 4.82. The molecule has 0 atom stereocenters. The van der Waals surface area contributed by atoms with Crippen molar-refractivity contribution in [1.29, 1.82) is 0 Å². The Bertz CT molecular complexity index is 325. The van der Waals surface area contributed by atoms with Crippen LogP contribution >= 0.6 is 22.6 Å². The van der Waals surface area contributed by atoms with Crippen LogP contribution in [0, 0.1) is 3.57 Å². The fourth-order valence-electron chi connectivity index (χ4n) is 0.968. The Morgan fingerprint density at radius 1 is 1.54 bits per heavy atom. The van der Waals surface area contributed by atoms with E-state index < -0.39 is 0 Å². The van der Waals surface area contributed by atoms with Crippen LogP contribution in [0.25, 0.3) is 0 Å². The van der Waals surface area contributed by atoms with Crippen molar-refractivity contribution in [2.24, 2.45) is 0 Å². The van der Waals surface area contributed by atoms with E-state index in [1.807, 2.05) is 18.2 Å². The molecule has 3 nitrogen and oxygen atoms in total. The second-order valence-corrected chi connectivity index (χ2v) is 3.77. The molecule has 0 bridgehead atoms. The first-order valence-electron chi connectivity index (χ1n) is 3.74. The summed E-state index contributed by atoms with van der Waals surface area (Å²) >= 11 is 2.18. The average Bonchev–Trinajstić information content (AvgIpc) is 2.03. The predicted molar refractivity (Wildman–Crippen MR) is 60.0 cm³/mol. The molecule has 1 aromatic carbocycles. The van der Waals surface area contributed by atoms with Gasteiger partial charge in [0.05, 0.1) is 12.8 Å². The molecule has 0 saturated carbocycles. The minimum atomic E-state index is -0.0969. The summed E-state index contributed by atoms with van der Waals surface area (Å²) in [6.45, 7) is 1.47. The van der Waals surface area contributed by atoms with Crippen molar-refractivity contribution in [1.82, 2.24) is 0 Å². The van der Waals surface area contributed by atoms with Crippen molar-refractivity contribution in [2.45, 2.75) is 6.92 Å². The van der Waals surface area contributed by atoms with E-state index in [0.29, 0.717) is 11.4 Å². The number of ether oxygens (including phenoxy) is 1. The highest BCUT2D eigenvalue weighted by Gasteiger charge is 2.03. The van der Waals surface area contributed by atoms with Gasteiger partial charge in [0.2, 0.25) is 5.91 Å². The van der Waals surface area contributed by atoms with Gasteiger partial charge < -0.3 is 10.1 Å². The SMILES string of the molecule is COc1ccc(I)cc1NC(C)=O. The van der Waals surface area contributed by atoms with E-state index in [-0.39, 0.29) is 5.91 Å². The first-order chi connectivity index (χ1) is 6.13. The number of nitrogens with one attached hydrogen (secondary N) is 1. The van der Waals surface area contributed by atoms with Crippen LogP contribution in [0.5, 0.6) is 5.75 Å². The van der Waals surface area contributed by atoms with Crippen LogP contribution in [0.2, 0.25) is 0 Å². The fourth-order valence-corrected chi connectivity index (χ4v) is 1.46. The second-order valence-electron chi connectivity index (χ2n) is 2.53. The van der Waals surface area contributed by atoms with Gasteiger partial charge in [-0.2, -0.15) is 0 Å². The highest BCUT2D eigenvalue weighted by Crippen LogP contribution is 2.25. The third kappa shape index (κ3) is 2.87. The summed E-state index contributed by atoms with van der Waals surface area (Å²) in [6, 6.07) is 5.61. The maximum absolute atomic E-state index is 10.8. The molecule has 0 heterocycles. The van der Waals surface area contributed by atoms with Gasteiger partial charge >= 0.3 is 0 Å². The zero-order chi connectivity index (χ0) is 9.84. The number of methoxy groups -OCH3 is 1. The normalized spacial score (nSPS) is 9.46. The molecule has 1 N–H and O–H groups in total. The molecule has 0 aliphatic carbocycles. The number of hydrogen-bond acceptors (Lipinski definition) is 2. The van der Waals surface area contributed by atoms with Crippen molar-refractivity contribution in [3.63, 3.8) is 0 Å². The highest BCUT2D eigenvalue weighted by atomic mass is 127. The number of amides is 1. The standard InChI is InChI=1S/C9H10INO2/c1-6(12)11-8-5-7(10)3-4-9(8)13-2/h3-5H,1-2H3,(H,11,12). The molecule has 13 heavy (non-hydrogen) atoms. The summed E-state index contributed by atoms with van der Waals surface area (Å²) in [4.78, 5) is 10.8. The number of carbonyl (C=O) groups is 1. The summed E-state index contributed by atoms with van der Waals surface area (Å²) in [7, 11) is 1.58. The zero-order valence-corrected chi connectivity index (χ0v) is 9.58. The van der Waals surface area contributed by atoms with Crippen molar-refractivity contribution in [2.75, 3.05) is 12.4 Å². The van der Waals surface area contributed by atoms with Crippen molar-refractivity contribution in [3.8, 4) is 5.75 Å². The molecule has 0 unspecified atom stereocenters. The topological polar surface area (TPSA) is 38.3 Å². The van der Waals surface area contributed by atoms with Crippen LogP contribution in [0.15, 0.2) is 18.2 Å². The van der Waals surface area contributed by atoms with Crippen LogP contribution in [0.4, 0.5) is 5.69 Å². The van der Waals surface area contributed by atoms with Crippen LogP contribution in [-0.2, 0) is 4.79 Å². The third-order valence-corrected chi connectivity index (χ3v) is 2.14. The molecule has 4 heteroatoms. The Labute approximate surface area is 90.6 Å². The number of benzene rings is 1. The number of rotatable bonds is 2. The van der Waals surface area contributed by atoms with Crippen molar-refractivity contribution in [3.05, 3.63) is 21.8 Å². The largest absolute Gasteiger partial charge is 0.495 e. The van der Waals surface area contributed by atoms with Gasteiger partial charge in [0, 0.05) is 10.5 Å². The van der Waals surface area contributed by atoms with E-state index in [1.54, 1.807) is 7.11 Å². The lowest BCUT2D eigenvalue weighted by molar-refractivity contribution is -0.114. The molecule has 0 aliphatic rings. The maximum Gasteiger partial charge on any atom is 0.221 e. The van der Waals surface area contributed by atoms with E-state index >= 15 is 0 Å². The van der Waals surface area contributed by atoms with Crippen LogP contribution in [-0.4, -0.2) is 13.0 Å². The van der Waals surface area contributed by atoms with E-state index in [4.69, 9.17) is 4.74 Å². The van der Waals surface area contributed by atoms with E-state index in [9.17, 15) is 4.79 Å². The third-order valence-electron chi connectivity index (χ3n) is 1.47. The number of anilines is 1. The van der Waals surface area contributed by atoms with Crippen LogP contribution in [0.3, 0.4) is 0 Å². The lowest BCUT2D eigenvalue weighted by Crippen LogP contribution is -2.07. The fraction of sp³-hybridized carbons (Fsp3) is 0.222. The Balaban J connectivity index is 3.01. The van der Waals surface area contributed by atoms with E-state index in [0.717, 1.165) is 3.57 Å². The Hall–Kier alpha value is -0.780. The molecule has 0 aromatic heterocycles. The minimum Gasteiger partial charge on any atom is -0.495 e. The average molecular weight is 291 g/mol. The van der Waals surface area contributed by atoms with E-state index in [2.05, 4.69) is 27.9 Å². The molecule has 70 valence electrons. The van der Waals surface area contributed by atoms with Crippen molar-refractivity contribution >= 4 is 34.2 Å². The van der Waals surface area contributed by atoms with Gasteiger partial charge in [0.15, 0.2) is 0 Å². The summed E-state index contributed by atoms with van der Waals surface area (Å²) in [6.07, 6.45) is 0. The van der Waals surface area contributed by atoms with Gasteiger partial charge in [-0.1, -0.05) is 0 Å². The molecular formula is C9H10INO2. The quantitative estimate of drug-likeness (QED) is 0.849. The van der Waals surface area contributed by atoms with Crippen LogP contribution in [0.1, 0.15) is 6.92 Å². The van der Waals surface area contributed by atoms with Gasteiger partial charge in [-0.15, -0.1) is 0 Å². The Morgan fingerprint density at radius 3 is 2.77 bits per heavy atom. The molecule has 0 saturated heterocycles. The van der Waals surface area contributed by atoms with Gasteiger partial charge in [0.25, 0.3) is 0 Å². The summed E-state index contributed by atoms with van der Waals surface area (Å²) in [5.41, 5.74) is 0.710. The van der Waals surface area contributed by atoms with Crippen molar-refractivity contribution < 1.29 is 9.53 Å². The molecule has 0 radical (unpaired) electrons. The number of hydrogen-bond donors (Lipinski definition) is 1. The molecule has 0 fully saturated rings. The van der Waals surface area contributed by atoms with E-state index in [1.165, 1.54) is 6.92 Å². The Morgan fingerprint density at radius 2 is 2.23 bits per heavy atom. The molecule has 1 aromatic rings. The lowest BCUT2D eigenvalue weighted by Gasteiger charge is -2.08. The first kappa shape index (κ1) is 10.3. The second kappa shape index (κ2) is 4.45.